The van der Waals surface area contributed by atoms with Gasteiger partial charge in [0.05, 0.1) is 18.4 Å². The van der Waals surface area contributed by atoms with Gasteiger partial charge in [-0.1, -0.05) is 0 Å². The second-order valence-corrected chi connectivity index (χ2v) is 5.37. The molecule has 0 spiro atoms. The highest BCUT2D eigenvalue weighted by atomic mass is 16.5. The van der Waals surface area contributed by atoms with E-state index in [2.05, 4.69) is 25.8 Å². The summed E-state index contributed by atoms with van der Waals surface area (Å²) in [6.07, 6.45) is 1.48. The quantitative estimate of drug-likeness (QED) is 0.698. The molecule has 0 fully saturated rings. The molecule has 0 bridgehead atoms. The lowest BCUT2D eigenvalue weighted by molar-refractivity contribution is 0.0599. The molecular weight excluding hydrogens is 324 g/mol. The number of methoxy groups -OCH3 is 1. The van der Waals surface area contributed by atoms with Gasteiger partial charge in [-0.3, -0.25) is 4.79 Å². The molecule has 1 amide bonds. The number of aromatic amines is 1. The number of nitrogens with one attached hydrogen (secondary N) is 2. The number of amides is 1. The first-order valence-electron chi connectivity index (χ1n) is 7.43. The summed E-state index contributed by atoms with van der Waals surface area (Å²) in [5.74, 6) is -0.818. The largest absolute Gasteiger partial charge is 0.465 e. The highest BCUT2D eigenvalue weighted by Gasteiger charge is 2.22. The van der Waals surface area contributed by atoms with Gasteiger partial charge in [0.25, 0.3) is 5.91 Å². The van der Waals surface area contributed by atoms with E-state index >= 15 is 0 Å². The number of ether oxygens (including phenoxy) is 1. The molecular formula is C16H16N6O3. The Bertz CT molecular complexity index is 912. The van der Waals surface area contributed by atoms with Gasteiger partial charge >= 0.3 is 5.97 Å². The van der Waals surface area contributed by atoms with E-state index in [4.69, 9.17) is 4.74 Å². The number of carbonyl (C=O) groups excluding carboxylic acids is 2. The maximum atomic E-state index is 12.5. The lowest BCUT2D eigenvalue weighted by Gasteiger charge is -2.06. The summed E-state index contributed by atoms with van der Waals surface area (Å²) >= 11 is 0. The van der Waals surface area contributed by atoms with Crippen molar-refractivity contribution in [3.8, 4) is 5.69 Å². The van der Waals surface area contributed by atoms with Crippen LogP contribution in [-0.4, -0.2) is 44.2 Å². The van der Waals surface area contributed by atoms with Crippen molar-refractivity contribution in [2.24, 2.45) is 0 Å². The van der Waals surface area contributed by atoms with Crippen LogP contribution in [0.2, 0.25) is 0 Å². The Balaban J connectivity index is 1.80. The van der Waals surface area contributed by atoms with E-state index < -0.39 is 5.97 Å². The lowest BCUT2D eigenvalue weighted by Crippen LogP contribution is -2.14. The van der Waals surface area contributed by atoms with E-state index in [-0.39, 0.29) is 5.91 Å². The molecule has 25 heavy (non-hydrogen) atoms. The second kappa shape index (κ2) is 6.56. The zero-order valence-corrected chi connectivity index (χ0v) is 13.9. The van der Waals surface area contributed by atoms with Crippen LogP contribution in [-0.2, 0) is 4.74 Å². The molecule has 2 heterocycles. The topological polar surface area (TPSA) is 115 Å². The number of H-pyrrole nitrogens is 1. The molecule has 0 radical (unpaired) electrons. The van der Waals surface area contributed by atoms with E-state index in [9.17, 15) is 9.59 Å². The number of hydrogen-bond donors (Lipinski definition) is 2. The first-order chi connectivity index (χ1) is 12.0. The standard InChI is InChI=1S/C16H16N6O3/c1-9-13(16(24)25-3)10(2)18-14(9)15(23)19-11-4-6-12(7-5-11)22-8-17-20-21-22/h4-8,18H,1-3H3,(H,19,23). The van der Waals surface area contributed by atoms with Gasteiger partial charge in [0.2, 0.25) is 0 Å². The molecule has 128 valence electrons. The Kier molecular flexibility index (Phi) is 4.29. The molecule has 0 saturated carbocycles. The molecule has 0 atom stereocenters. The van der Waals surface area contributed by atoms with Crippen LogP contribution in [0.1, 0.15) is 32.1 Å². The smallest absolute Gasteiger partial charge is 0.339 e. The van der Waals surface area contributed by atoms with Crippen molar-refractivity contribution in [1.82, 2.24) is 25.2 Å². The molecule has 0 unspecified atom stereocenters. The number of nitrogens with zero attached hydrogens (tertiary/aromatic N) is 4. The Labute approximate surface area is 143 Å². The average molecular weight is 340 g/mol. The van der Waals surface area contributed by atoms with Crippen LogP contribution in [0.25, 0.3) is 5.69 Å². The number of carbonyl (C=O) groups is 2. The van der Waals surface area contributed by atoms with Crippen molar-refractivity contribution in [2.75, 3.05) is 12.4 Å². The van der Waals surface area contributed by atoms with Crippen molar-refractivity contribution in [1.29, 1.82) is 0 Å². The molecule has 0 aliphatic rings. The number of anilines is 1. The van der Waals surface area contributed by atoms with Crippen LogP contribution in [0.4, 0.5) is 5.69 Å². The fraction of sp³-hybridized carbons (Fsp3) is 0.188. The molecule has 0 aliphatic carbocycles. The third-order valence-electron chi connectivity index (χ3n) is 3.79. The summed E-state index contributed by atoms with van der Waals surface area (Å²) in [6, 6.07) is 7.03. The van der Waals surface area contributed by atoms with Crippen molar-refractivity contribution < 1.29 is 14.3 Å². The van der Waals surface area contributed by atoms with Crippen LogP contribution in [0.3, 0.4) is 0 Å². The van der Waals surface area contributed by atoms with Gasteiger partial charge in [0.15, 0.2) is 0 Å². The number of aromatic nitrogens is 5. The normalized spacial score (nSPS) is 10.5. The Morgan fingerprint density at radius 3 is 2.52 bits per heavy atom. The minimum Gasteiger partial charge on any atom is -0.465 e. The highest BCUT2D eigenvalue weighted by Crippen LogP contribution is 2.20. The molecule has 2 aromatic heterocycles. The first kappa shape index (κ1) is 16.4. The zero-order chi connectivity index (χ0) is 18.0. The van der Waals surface area contributed by atoms with Crippen LogP contribution in [0, 0.1) is 13.8 Å². The van der Waals surface area contributed by atoms with Crippen LogP contribution < -0.4 is 5.32 Å². The summed E-state index contributed by atoms with van der Waals surface area (Å²) in [7, 11) is 1.31. The summed E-state index contributed by atoms with van der Waals surface area (Å²) in [5.41, 5.74) is 3.20. The number of benzene rings is 1. The van der Waals surface area contributed by atoms with Crippen molar-refractivity contribution in [3.05, 3.63) is 53.1 Å². The number of tetrazole rings is 1. The Morgan fingerprint density at radius 2 is 1.92 bits per heavy atom. The number of aryl methyl sites for hydroxylation is 1. The molecule has 9 heteroatoms. The summed E-state index contributed by atoms with van der Waals surface area (Å²) < 4.78 is 6.26. The molecule has 0 saturated heterocycles. The molecule has 3 rings (SSSR count). The SMILES string of the molecule is COC(=O)c1c(C)[nH]c(C(=O)Nc2ccc(-n3cnnn3)cc2)c1C. The zero-order valence-electron chi connectivity index (χ0n) is 13.9. The van der Waals surface area contributed by atoms with Crippen LogP contribution in [0.15, 0.2) is 30.6 Å². The van der Waals surface area contributed by atoms with Gasteiger partial charge in [0, 0.05) is 11.4 Å². The number of rotatable bonds is 4. The molecule has 1 aromatic carbocycles. The van der Waals surface area contributed by atoms with E-state index in [1.807, 2.05) is 0 Å². The fourth-order valence-electron chi connectivity index (χ4n) is 2.56. The Morgan fingerprint density at radius 1 is 1.20 bits per heavy atom. The van der Waals surface area contributed by atoms with Gasteiger partial charge in [-0.05, 0) is 54.1 Å². The van der Waals surface area contributed by atoms with Crippen LogP contribution >= 0.6 is 0 Å². The van der Waals surface area contributed by atoms with Gasteiger partial charge < -0.3 is 15.0 Å². The summed E-state index contributed by atoms with van der Waals surface area (Å²) in [6.45, 7) is 3.42. The van der Waals surface area contributed by atoms with Gasteiger partial charge in [-0.25, -0.2) is 9.48 Å². The monoisotopic (exact) mass is 340 g/mol. The average Bonchev–Trinajstić information content (AvgIpc) is 3.23. The number of hydrogen-bond acceptors (Lipinski definition) is 6. The third kappa shape index (κ3) is 3.11. The number of esters is 1. The van der Waals surface area contributed by atoms with Crippen molar-refractivity contribution in [3.63, 3.8) is 0 Å². The van der Waals surface area contributed by atoms with Crippen molar-refractivity contribution >= 4 is 17.6 Å². The molecule has 2 N–H and O–H groups in total. The van der Waals surface area contributed by atoms with Gasteiger partial charge in [-0.15, -0.1) is 5.10 Å². The van der Waals surface area contributed by atoms with E-state index in [0.29, 0.717) is 28.2 Å². The van der Waals surface area contributed by atoms with E-state index in [0.717, 1.165) is 5.69 Å². The molecule has 9 nitrogen and oxygen atoms in total. The minimum absolute atomic E-state index is 0.322. The van der Waals surface area contributed by atoms with E-state index in [1.54, 1.807) is 38.1 Å². The van der Waals surface area contributed by atoms with E-state index in [1.165, 1.54) is 18.1 Å². The second-order valence-electron chi connectivity index (χ2n) is 5.37. The lowest BCUT2D eigenvalue weighted by atomic mass is 10.1. The predicted octanol–water partition coefficient (Wildman–Crippen LogP) is 1.65. The van der Waals surface area contributed by atoms with Crippen molar-refractivity contribution in [2.45, 2.75) is 13.8 Å². The van der Waals surface area contributed by atoms with Gasteiger partial charge in [-0.2, -0.15) is 0 Å². The maximum Gasteiger partial charge on any atom is 0.339 e. The maximum absolute atomic E-state index is 12.5. The summed E-state index contributed by atoms with van der Waals surface area (Å²) in [4.78, 5) is 27.2. The summed E-state index contributed by atoms with van der Waals surface area (Å²) in [5, 5.41) is 13.7. The fourth-order valence-corrected chi connectivity index (χ4v) is 2.56. The minimum atomic E-state index is -0.476. The Hall–Kier alpha value is -3.49. The molecule has 3 aromatic rings. The highest BCUT2D eigenvalue weighted by molar-refractivity contribution is 6.06. The third-order valence-corrected chi connectivity index (χ3v) is 3.79. The van der Waals surface area contributed by atoms with Gasteiger partial charge in [0.1, 0.15) is 12.0 Å². The van der Waals surface area contributed by atoms with Crippen LogP contribution in [0.5, 0.6) is 0 Å². The predicted molar refractivity (Wildman–Crippen MR) is 88.7 cm³/mol. The first-order valence-corrected chi connectivity index (χ1v) is 7.43. The molecule has 0 aliphatic heterocycles.